The molecule has 2 heterocycles. The fourth-order valence-corrected chi connectivity index (χ4v) is 7.96. The molecule has 3 saturated carbocycles. The van der Waals surface area contributed by atoms with Gasteiger partial charge in [0, 0.05) is 31.2 Å². The molecule has 134 valence electrons. The third-order valence-electron chi connectivity index (χ3n) is 8.62. The molecule has 4 aliphatic carbocycles. The van der Waals surface area contributed by atoms with Gasteiger partial charge >= 0.3 is 0 Å². The molecular weight excluding hydrogens is 314 g/mol. The highest BCUT2D eigenvalue weighted by atomic mass is 16.7. The van der Waals surface area contributed by atoms with E-state index in [1.807, 2.05) is 14.2 Å². The predicted molar refractivity (Wildman–Crippen MR) is 93.8 cm³/mol. The summed E-state index contributed by atoms with van der Waals surface area (Å²) in [7, 11) is 5.93. The van der Waals surface area contributed by atoms with Crippen LogP contribution in [0.4, 0.5) is 0 Å². The molecule has 25 heavy (non-hydrogen) atoms. The van der Waals surface area contributed by atoms with Crippen molar-refractivity contribution in [2.75, 3.05) is 27.8 Å². The molecular formula is C21H27NO3. The molecule has 0 aromatic heterocycles. The second-order valence-electron chi connectivity index (χ2n) is 8.93. The first-order valence-corrected chi connectivity index (χ1v) is 9.73. The van der Waals surface area contributed by atoms with E-state index in [9.17, 15) is 0 Å². The van der Waals surface area contributed by atoms with E-state index in [2.05, 4.69) is 30.1 Å². The predicted octanol–water partition coefficient (Wildman–Crippen LogP) is 2.73. The van der Waals surface area contributed by atoms with Crippen molar-refractivity contribution in [3.63, 3.8) is 0 Å². The number of likely N-dealkylation sites (tertiary alicyclic amines) is 1. The number of fused-ring (bicyclic) bond motifs is 2. The molecule has 0 N–H and O–H groups in total. The summed E-state index contributed by atoms with van der Waals surface area (Å²) < 4.78 is 19.3. The van der Waals surface area contributed by atoms with Gasteiger partial charge in [-0.25, -0.2) is 0 Å². The molecule has 6 aliphatic rings. The largest absolute Gasteiger partial charge is 0.489 e. The van der Waals surface area contributed by atoms with Gasteiger partial charge in [-0.1, -0.05) is 12.1 Å². The van der Waals surface area contributed by atoms with Gasteiger partial charge in [0.15, 0.2) is 5.79 Å². The average Bonchev–Trinajstić information content (AvgIpc) is 3.03. The lowest BCUT2D eigenvalue weighted by molar-refractivity contribution is -0.353. The van der Waals surface area contributed by atoms with Gasteiger partial charge in [-0.15, -0.1) is 0 Å². The van der Waals surface area contributed by atoms with Crippen LogP contribution in [0.25, 0.3) is 0 Å². The van der Waals surface area contributed by atoms with Gasteiger partial charge in [-0.3, -0.25) is 4.90 Å². The zero-order valence-corrected chi connectivity index (χ0v) is 15.4. The Kier molecular flexibility index (Phi) is 2.65. The molecule has 7 rings (SSSR count). The van der Waals surface area contributed by atoms with Gasteiger partial charge in [0.2, 0.25) is 0 Å². The third kappa shape index (κ3) is 1.29. The highest BCUT2D eigenvalue weighted by molar-refractivity contribution is 5.59. The SMILES string of the molecule is COC1(OC)CN(C)C2Cc3cccc4c3C13C(O4)C1CCC23CC1. The number of piperidine rings is 1. The average molecular weight is 341 g/mol. The second kappa shape index (κ2) is 4.41. The topological polar surface area (TPSA) is 30.9 Å². The lowest BCUT2D eigenvalue weighted by Crippen LogP contribution is -2.83. The summed E-state index contributed by atoms with van der Waals surface area (Å²) in [6, 6.07) is 7.20. The van der Waals surface area contributed by atoms with Crippen LogP contribution < -0.4 is 4.74 Å². The van der Waals surface area contributed by atoms with Crippen molar-refractivity contribution >= 4 is 0 Å². The van der Waals surface area contributed by atoms with Crippen molar-refractivity contribution in [2.45, 2.75) is 55.5 Å². The second-order valence-corrected chi connectivity index (χ2v) is 8.93. The number of hydrogen-bond acceptors (Lipinski definition) is 4. The summed E-state index contributed by atoms with van der Waals surface area (Å²) in [5.74, 6) is 1.08. The Labute approximate surface area is 149 Å². The smallest absolute Gasteiger partial charge is 0.194 e. The van der Waals surface area contributed by atoms with Gasteiger partial charge in [0.05, 0.1) is 12.0 Å². The Balaban J connectivity index is 1.77. The van der Waals surface area contributed by atoms with Crippen LogP contribution in [0.5, 0.6) is 5.75 Å². The van der Waals surface area contributed by atoms with Crippen LogP contribution in [0, 0.1) is 11.3 Å². The van der Waals surface area contributed by atoms with Crippen LogP contribution >= 0.6 is 0 Å². The van der Waals surface area contributed by atoms with Crippen LogP contribution in [0.1, 0.15) is 36.8 Å². The van der Waals surface area contributed by atoms with Crippen LogP contribution in [-0.4, -0.2) is 50.6 Å². The minimum Gasteiger partial charge on any atom is -0.489 e. The van der Waals surface area contributed by atoms with E-state index in [1.165, 1.54) is 36.8 Å². The summed E-state index contributed by atoms with van der Waals surface area (Å²) in [4.78, 5) is 2.52. The van der Waals surface area contributed by atoms with E-state index in [1.54, 1.807) is 0 Å². The first-order chi connectivity index (χ1) is 12.1. The normalized spacial score (nSPS) is 45.2. The van der Waals surface area contributed by atoms with Gasteiger partial charge < -0.3 is 14.2 Å². The van der Waals surface area contributed by atoms with Crippen molar-refractivity contribution in [2.24, 2.45) is 11.3 Å². The highest BCUT2D eigenvalue weighted by Gasteiger charge is 2.82. The summed E-state index contributed by atoms with van der Waals surface area (Å²) in [6.07, 6.45) is 6.44. The number of methoxy groups -OCH3 is 2. The van der Waals surface area contributed by atoms with Crippen LogP contribution in [0.15, 0.2) is 18.2 Å². The molecule has 1 saturated heterocycles. The molecule has 2 aliphatic heterocycles. The molecule has 2 spiro atoms. The summed E-state index contributed by atoms with van der Waals surface area (Å²) >= 11 is 0. The molecule has 1 aromatic rings. The van der Waals surface area contributed by atoms with E-state index in [-0.39, 0.29) is 16.9 Å². The standard InChI is InChI=1S/C21H27NO3/c1-22-12-20(23-2,24-3)21-17-14-5-4-6-15(17)25-18(21)13-7-9-19(21,10-8-13)16(22)11-14/h4-6,13,16,18H,7-12H2,1-3H3. The van der Waals surface area contributed by atoms with E-state index >= 15 is 0 Å². The summed E-state index contributed by atoms with van der Waals surface area (Å²) in [5.41, 5.74) is 2.92. The lowest BCUT2D eigenvalue weighted by atomic mass is 9.36. The van der Waals surface area contributed by atoms with Gasteiger partial charge in [-0.2, -0.15) is 0 Å². The monoisotopic (exact) mass is 341 g/mol. The van der Waals surface area contributed by atoms with Gasteiger partial charge in [0.25, 0.3) is 0 Å². The Morgan fingerprint density at radius 3 is 2.64 bits per heavy atom. The number of benzene rings is 1. The summed E-state index contributed by atoms with van der Waals surface area (Å²) in [6.45, 7) is 0.812. The number of rotatable bonds is 2. The molecule has 1 aromatic carbocycles. The van der Waals surface area contributed by atoms with E-state index < -0.39 is 5.79 Å². The third-order valence-corrected chi connectivity index (χ3v) is 8.62. The van der Waals surface area contributed by atoms with Crippen molar-refractivity contribution in [3.8, 4) is 5.75 Å². The van der Waals surface area contributed by atoms with Crippen LogP contribution in [0.3, 0.4) is 0 Å². The van der Waals surface area contributed by atoms with Crippen LogP contribution in [0.2, 0.25) is 0 Å². The minimum atomic E-state index is -0.635. The Morgan fingerprint density at radius 2 is 1.92 bits per heavy atom. The Bertz CT molecular complexity index is 750. The zero-order valence-electron chi connectivity index (χ0n) is 15.4. The first kappa shape index (κ1) is 15.0. The van der Waals surface area contributed by atoms with E-state index in [4.69, 9.17) is 14.2 Å². The van der Waals surface area contributed by atoms with Crippen LogP contribution in [-0.2, 0) is 21.3 Å². The Morgan fingerprint density at radius 1 is 1.16 bits per heavy atom. The van der Waals surface area contributed by atoms with Crippen molar-refractivity contribution in [1.29, 1.82) is 0 Å². The molecule has 4 fully saturated rings. The maximum atomic E-state index is 6.72. The molecule has 4 nitrogen and oxygen atoms in total. The summed E-state index contributed by atoms with van der Waals surface area (Å²) in [5, 5.41) is 0. The lowest BCUT2D eigenvalue weighted by Gasteiger charge is -2.73. The molecule has 0 radical (unpaired) electrons. The van der Waals surface area contributed by atoms with Crippen molar-refractivity contribution in [1.82, 2.24) is 4.90 Å². The number of ether oxygens (including phenoxy) is 3. The molecule has 0 amide bonds. The van der Waals surface area contributed by atoms with Crippen molar-refractivity contribution in [3.05, 3.63) is 29.3 Å². The number of nitrogens with zero attached hydrogens (tertiary/aromatic N) is 1. The van der Waals surface area contributed by atoms with Crippen molar-refractivity contribution < 1.29 is 14.2 Å². The number of hydrogen-bond donors (Lipinski definition) is 0. The quantitative estimate of drug-likeness (QED) is 0.774. The zero-order chi connectivity index (χ0) is 17.0. The fourth-order valence-electron chi connectivity index (χ4n) is 7.96. The molecule has 4 heteroatoms. The van der Waals surface area contributed by atoms with E-state index in [0.29, 0.717) is 12.0 Å². The van der Waals surface area contributed by atoms with Gasteiger partial charge in [0.1, 0.15) is 11.9 Å². The molecule has 3 unspecified atom stereocenters. The Hall–Kier alpha value is -1.10. The fraction of sp³-hybridized carbons (Fsp3) is 0.714. The highest BCUT2D eigenvalue weighted by Crippen LogP contribution is 2.75. The van der Waals surface area contributed by atoms with E-state index in [0.717, 1.165) is 18.7 Å². The molecule has 3 atom stereocenters. The van der Waals surface area contributed by atoms with Gasteiger partial charge in [-0.05, 0) is 56.7 Å². The number of likely N-dealkylation sites (N-methyl/N-ethyl adjacent to an activating group) is 1. The maximum Gasteiger partial charge on any atom is 0.194 e. The minimum absolute atomic E-state index is 0.161. The molecule has 4 bridgehead atoms. The first-order valence-electron chi connectivity index (χ1n) is 9.73. The maximum absolute atomic E-state index is 6.72.